The highest BCUT2D eigenvalue weighted by Crippen LogP contribution is 2.42. The maximum atomic E-state index is 14.3. The van der Waals surface area contributed by atoms with E-state index >= 15 is 0 Å². The van der Waals surface area contributed by atoms with Gasteiger partial charge in [0.2, 0.25) is 10.0 Å². The number of para-hydroxylation sites is 1. The Bertz CT molecular complexity index is 2030. The Labute approximate surface area is 255 Å². The molecule has 0 bridgehead atoms. The summed E-state index contributed by atoms with van der Waals surface area (Å²) in [5, 5.41) is 1.23. The van der Waals surface area contributed by atoms with E-state index in [0.29, 0.717) is 70.6 Å². The lowest BCUT2D eigenvalue weighted by atomic mass is 9.87. The first-order valence-corrected chi connectivity index (χ1v) is 16.5. The minimum Gasteiger partial charge on any atom is -0.455 e. The highest BCUT2D eigenvalue weighted by atomic mass is 32.2. The summed E-state index contributed by atoms with van der Waals surface area (Å²) in [4.78, 5) is 31.6. The van der Waals surface area contributed by atoms with E-state index in [9.17, 15) is 22.4 Å². The topological polar surface area (TPSA) is 104 Å². The van der Waals surface area contributed by atoms with E-state index in [1.165, 1.54) is 17.4 Å². The molecule has 8 nitrogen and oxygen atoms in total. The van der Waals surface area contributed by atoms with E-state index < -0.39 is 15.8 Å². The number of H-pyrrole nitrogens is 1. The fourth-order valence-corrected chi connectivity index (χ4v) is 6.62. The number of hydrogen-bond acceptors (Lipinski definition) is 5. The van der Waals surface area contributed by atoms with Crippen molar-refractivity contribution in [3.63, 3.8) is 0 Å². The first-order valence-electron chi connectivity index (χ1n) is 14.7. The number of benzene rings is 3. The summed E-state index contributed by atoms with van der Waals surface area (Å²) in [5.74, 6) is -0.539. The molecule has 1 N–H and O–H groups in total. The summed E-state index contributed by atoms with van der Waals surface area (Å²) in [6.07, 6.45) is 2.80. The van der Waals surface area contributed by atoms with E-state index in [-0.39, 0.29) is 29.5 Å². The van der Waals surface area contributed by atoms with Gasteiger partial charge in [-0.25, -0.2) is 12.8 Å². The number of furan rings is 1. The Balaban J connectivity index is 1.46. The number of sulfonamides is 1. The summed E-state index contributed by atoms with van der Waals surface area (Å²) in [7, 11) is -2.16. The Morgan fingerprint density at radius 1 is 1.11 bits per heavy atom. The number of aryl methyl sites for hydroxylation is 1. The molecule has 0 aliphatic carbocycles. The van der Waals surface area contributed by atoms with Crippen molar-refractivity contribution in [1.29, 1.82) is 0 Å². The zero-order valence-electron chi connectivity index (χ0n) is 25.1. The number of nitrogens with zero attached hydrogens (tertiary/aromatic N) is 2. The van der Waals surface area contributed by atoms with Crippen molar-refractivity contribution in [2.45, 2.75) is 39.0 Å². The third-order valence-corrected chi connectivity index (χ3v) is 9.76. The summed E-state index contributed by atoms with van der Waals surface area (Å²) in [5.41, 5.74) is 4.43. The SMILES string of the molecule is CCC(=O)c1c(-c2ccc(C)cc2)oc2cc(N(C)S(C)(=O)=O)c([C@H]3CCCN(C(=O)c4cc5cccc(F)c5[nH]4)C3)cc12. The van der Waals surface area contributed by atoms with E-state index in [2.05, 4.69) is 4.98 Å². The van der Waals surface area contributed by atoms with Gasteiger partial charge in [0.1, 0.15) is 22.9 Å². The summed E-state index contributed by atoms with van der Waals surface area (Å²) in [6, 6.07) is 17.6. The van der Waals surface area contributed by atoms with E-state index in [1.54, 1.807) is 36.1 Å². The highest BCUT2D eigenvalue weighted by molar-refractivity contribution is 7.92. The summed E-state index contributed by atoms with van der Waals surface area (Å²) in [6.45, 7) is 4.62. The van der Waals surface area contributed by atoms with Crippen molar-refractivity contribution in [2.24, 2.45) is 0 Å². The molecule has 1 saturated heterocycles. The molecule has 1 atom stereocenters. The van der Waals surface area contributed by atoms with Crippen molar-refractivity contribution in [1.82, 2.24) is 9.88 Å². The first kappa shape index (κ1) is 29.6. The van der Waals surface area contributed by atoms with Crippen LogP contribution in [0.4, 0.5) is 10.1 Å². The Hall–Kier alpha value is -4.44. The molecular weight excluding hydrogens is 581 g/mol. The van der Waals surface area contributed by atoms with Crippen LogP contribution in [0.3, 0.4) is 0 Å². The van der Waals surface area contributed by atoms with Gasteiger partial charge < -0.3 is 14.3 Å². The van der Waals surface area contributed by atoms with Crippen LogP contribution in [0.25, 0.3) is 33.2 Å². The molecule has 44 heavy (non-hydrogen) atoms. The van der Waals surface area contributed by atoms with Crippen LogP contribution >= 0.6 is 0 Å². The third kappa shape index (κ3) is 5.27. The smallest absolute Gasteiger partial charge is 0.270 e. The Kier molecular flexibility index (Phi) is 7.57. The van der Waals surface area contributed by atoms with Gasteiger partial charge in [-0.1, -0.05) is 48.9 Å². The lowest BCUT2D eigenvalue weighted by Crippen LogP contribution is -2.39. The van der Waals surface area contributed by atoms with E-state index in [0.717, 1.165) is 17.4 Å². The number of fused-ring (bicyclic) bond motifs is 2. The van der Waals surface area contributed by atoms with Crippen molar-refractivity contribution in [2.75, 3.05) is 30.7 Å². The molecular formula is C34H34FN3O5S. The molecule has 5 aromatic rings. The van der Waals surface area contributed by atoms with Gasteiger partial charge >= 0.3 is 0 Å². The molecule has 0 unspecified atom stereocenters. The molecule has 2 aromatic heterocycles. The Morgan fingerprint density at radius 3 is 2.55 bits per heavy atom. The first-order chi connectivity index (χ1) is 21.0. The number of halogens is 1. The molecule has 1 aliphatic rings. The predicted octanol–water partition coefficient (Wildman–Crippen LogP) is 7.04. The van der Waals surface area contributed by atoms with Gasteiger partial charge in [0.15, 0.2) is 5.78 Å². The highest BCUT2D eigenvalue weighted by Gasteiger charge is 2.32. The lowest BCUT2D eigenvalue weighted by Gasteiger charge is -2.34. The predicted molar refractivity (Wildman–Crippen MR) is 170 cm³/mol. The number of Topliss-reactive ketones (excluding diaryl/α,β-unsaturated/α-hetero) is 1. The monoisotopic (exact) mass is 615 g/mol. The number of carbonyl (C=O) groups is 2. The van der Waals surface area contributed by atoms with Crippen LogP contribution in [0.2, 0.25) is 0 Å². The van der Waals surface area contributed by atoms with Gasteiger partial charge in [0.05, 0.1) is 23.0 Å². The molecule has 0 spiro atoms. The van der Waals surface area contributed by atoms with Crippen molar-refractivity contribution < 1.29 is 26.8 Å². The normalized spacial score (nSPS) is 15.7. The molecule has 0 saturated carbocycles. The van der Waals surface area contributed by atoms with Gasteiger partial charge in [0.25, 0.3) is 5.91 Å². The number of anilines is 1. The summed E-state index contributed by atoms with van der Waals surface area (Å²) >= 11 is 0. The summed E-state index contributed by atoms with van der Waals surface area (Å²) < 4.78 is 47.5. The van der Waals surface area contributed by atoms with Crippen LogP contribution in [0, 0.1) is 12.7 Å². The van der Waals surface area contributed by atoms with Gasteiger partial charge in [-0.2, -0.15) is 0 Å². The molecule has 10 heteroatoms. The molecule has 3 heterocycles. The number of ketones is 1. The lowest BCUT2D eigenvalue weighted by molar-refractivity contribution is 0.0702. The number of nitrogens with one attached hydrogen (secondary N) is 1. The largest absolute Gasteiger partial charge is 0.455 e. The minimum atomic E-state index is -3.66. The van der Waals surface area contributed by atoms with Gasteiger partial charge in [-0.05, 0) is 43.5 Å². The number of aromatic nitrogens is 1. The molecule has 1 aliphatic heterocycles. The number of aromatic amines is 1. The number of carbonyl (C=O) groups excluding carboxylic acids is 2. The number of rotatable bonds is 7. The van der Waals surface area contributed by atoms with Crippen LogP contribution < -0.4 is 4.31 Å². The molecule has 228 valence electrons. The van der Waals surface area contributed by atoms with Crippen LogP contribution in [0.15, 0.2) is 65.1 Å². The van der Waals surface area contributed by atoms with Gasteiger partial charge in [-0.3, -0.25) is 13.9 Å². The van der Waals surface area contributed by atoms with Crippen LogP contribution in [-0.4, -0.2) is 56.4 Å². The number of likely N-dealkylation sites (tertiary alicyclic amines) is 1. The van der Waals surface area contributed by atoms with Crippen LogP contribution in [0.5, 0.6) is 0 Å². The minimum absolute atomic E-state index is 0.0824. The standard InChI is InChI=1S/C34H34FN3O5S/c1-5-29(39)31-25-17-24(23-9-7-15-38(19-23)34(40)27-16-22-8-6-10-26(35)32(22)36-27)28(37(3)44(4,41)42)18-30(25)43-33(31)21-13-11-20(2)12-14-21/h6,8,10-14,16-18,23,36H,5,7,9,15,19H2,1-4H3/t23-/m0/s1. The maximum Gasteiger partial charge on any atom is 0.270 e. The van der Waals surface area contributed by atoms with E-state index in [1.807, 2.05) is 37.3 Å². The zero-order valence-corrected chi connectivity index (χ0v) is 25.9. The van der Waals surface area contributed by atoms with Gasteiger partial charge in [-0.15, -0.1) is 0 Å². The van der Waals surface area contributed by atoms with E-state index in [4.69, 9.17) is 4.42 Å². The Morgan fingerprint density at radius 2 is 1.86 bits per heavy atom. The van der Waals surface area contributed by atoms with Crippen LogP contribution in [0.1, 0.15) is 64.1 Å². The maximum absolute atomic E-state index is 14.3. The van der Waals surface area contributed by atoms with Crippen LogP contribution in [-0.2, 0) is 10.0 Å². The molecule has 1 fully saturated rings. The molecule has 1 amide bonds. The average molecular weight is 616 g/mol. The molecule has 3 aromatic carbocycles. The van der Waals surface area contributed by atoms with Crippen molar-refractivity contribution >= 4 is 49.3 Å². The zero-order chi connectivity index (χ0) is 31.3. The second-order valence-electron chi connectivity index (χ2n) is 11.6. The molecule has 0 radical (unpaired) electrons. The second-order valence-corrected chi connectivity index (χ2v) is 13.6. The van der Waals surface area contributed by atoms with Crippen molar-refractivity contribution in [3.05, 3.63) is 88.9 Å². The third-order valence-electron chi connectivity index (χ3n) is 8.57. The molecule has 6 rings (SSSR count). The number of hydrogen-bond donors (Lipinski definition) is 1. The fourth-order valence-electron chi connectivity index (χ4n) is 6.11. The average Bonchev–Trinajstić information content (AvgIpc) is 3.62. The van der Waals surface area contributed by atoms with Gasteiger partial charge in [0, 0.05) is 54.9 Å². The number of amides is 1. The number of piperidine rings is 1. The quantitative estimate of drug-likeness (QED) is 0.198. The fraction of sp³-hybridized carbons (Fsp3) is 0.294. The van der Waals surface area contributed by atoms with Crippen molar-refractivity contribution in [3.8, 4) is 11.3 Å². The second kappa shape index (κ2) is 11.2.